The fraction of sp³-hybridized carbons (Fsp3) is 0.364. The van der Waals surface area contributed by atoms with E-state index in [-0.39, 0.29) is 23.6 Å². The van der Waals surface area contributed by atoms with Crippen molar-refractivity contribution in [1.29, 1.82) is 0 Å². The number of benzene rings is 1. The molecule has 100 valence electrons. The highest BCUT2D eigenvalue weighted by molar-refractivity contribution is 7.89. The number of rotatable bonds is 5. The summed E-state index contributed by atoms with van der Waals surface area (Å²) in [6.07, 6.45) is 0. The Hall–Kier alpha value is -1.60. The predicted octanol–water partition coefficient (Wildman–Crippen LogP) is -0.0204. The Bertz CT molecular complexity index is 540. The van der Waals surface area contributed by atoms with E-state index in [2.05, 4.69) is 10.0 Å². The molecule has 0 aromatic heterocycles. The smallest absolute Gasteiger partial charge is 0.255 e. The van der Waals surface area contributed by atoms with Crippen LogP contribution in [-0.4, -0.2) is 38.8 Å². The van der Waals surface area contributed by atoms with Gasteiger partial charge in [-0.15, -0.1) is 0 Å². The third kappa shape index (κ3) is 4.01. The van der Waals surface area contributed by atoms with Crippen molar-refractivity contribution in [2.45, 2.75) is 6.92 Å². The van der Waals surface area contributed by atoms with Crippen LogP contribution in [0.5, 0.6) is 5.75 Å². The number of phenols is 1. The molecule has 0 spiro atoms. The van der Waals surface area contributed by atoms with Crippen LogP contribution < -0.4 is 10.0 Å². The van der Waals surface area contributed by atoms with Crippen molar-refractivity contribution in [3.05, 3.63) is 29.3 Å². The Morgan fingerprint density at radius 3 is 2.61 bits per heavy atom. The van der Waals surface area contributed by atoms with E-state index in [1.165, 1.54) is 19.2 Å². The average molecular weight is 272 g/mol. The number of aromatic hydroxyl groups is 1. The van der Waals surface area contributed by atoms with Gasteiger partial charge in [0.15, 0.2) is 0 Å². The first-order valence-electron chi connectivity index (χ1n) is 5.35. The molecule has 0 radical (unpaired) electrons. The second kappa shape index (κ2) is 5.83. The van der Waals surface area contributed by atoms with Crippen LogP contribution in [0, 0.1) is 6.92 Å². The molecule has 0 saturated heterocycles. The maximum Gasteiger partial charge on any atom is 0.255 e. The lowest BCUT2D eigenvalue weighted by molar-refractivity contribution is 0.0953. The molecule has 0 heterocycles. The number of nitrogens with one attached hydrogen (secondary N) is 2. The quantitative estimate of drug-likeness (QED) is 0.702. The Labute approximate surface area is 106 Å². The number of hydrogen-bond acceptors (Lipinski definition) is 4. The van der Waals surface area contributed by atoms with Crippen molar-refractivity contribution < 1.29 is 18.3 Å². The number of aryl methyl sites for hydroxylation is 1. The van der Waals surface area contributed by atoms with E-state index in [9.17, 15) is 18.3 Å². The largest absolute Gasteiger partial charge is 0.507 e. The van der Waals surface area contributed by atoms with Gasteiger partial charge in [-0.3, -0.25) is 4.79 Å². The summed E-state index contributed by atoms with van der Waals surface area (Å²) in [5.41, 5.74) is 0.962. The van der Waals surface area contributed by atoms with E-state index < -0.39 is 15.9 Å². The van der Waals surface area contributed by atoms with Crippen LogP contribution in [0.1, 0.15) is 15.9 Å². The van der Waals surface area contributed by atoms with Gasteiger partial charge in [-0.2, -0.15) is 0 Å². The number of carbonyl (C=O) groups is 1. The topological polar surface area (TPSA) is 95.5 Å². The molecule has 1 amide bonds. The molecule has 0 aliphatic carbocycles. The summed E-state index contributed by atoms with van der Waals surface area (Å²) in [6.45, 7) is 1.77. The van der Waals surface area contributed by atoms with Gasteiger partial charge in [0.2, 0.25) is 10.0 Å². The lowest BCUT2D eigenvalue weighted by Gasteiger charge is -2.07. The molecular weight excluding hydrogens is 256 g/mol. The first-order chi connectivity index (χ1) is 8.35. The van der Waals surface area contributed by atoms with Crippen LogP contribution in [-0.2, 0) is 10.0 Å². The number of hydrogen-bond donors (Lipinski definition) is 3. The molecule has 0 atom stereocenters. The van der Waals surface area contributed by atoms with E-state index in [1.807, 2.05) is 0 Å². The molecule has 0 fully saturated rings. The Balaban J connectivity index is 2.61. The SMILES string of the molecule is CNS(=O)(=O)CCNC(=O)c1ccc(C)cc1O. The molecule has 0 aliphatic rings. The standard InChI is InChI=1S/C11H16N2O4S/c1-8-3-4-9(10(14)7-8)11(15)13-5-6-18(16,17)12-2/h3-4,7,12,14H,5-6H2,1-2H3,(H,13,15). The zero-order chi connectivity index (χ0) is 13.8. The molecule has 1 aromatic rings. The minimum absolute atomic E-state index is 0.0185. The van der Waals surface area contributed by atoms with Crippen LogP contribution in [0.15, 0.2) is 18.2 Å². The van der Waals surface area contributed by atoms with Crippen molar-refractivity contribution in [1.82, 2.24) is 10.0 Å². The van der Waals surface area contributed by atoms with Crippen LogP contribution in [0.25, 0.3) is 0 Å². The molecule has 0 saturated carbocycles. The number of sulfonamides is 1. The summed E-state index contributed by atoms with van der Waals surface area (Å²) < 4.78 is 24.4. The normalized spacial score (nSPS) is 11.2. The van der Waals surface area contributed by atoms with Crippen molar-refractivity contribution in [3.63, 3.8) is 0 Å². The molecule has 0 unspecified atom stereocenters. The molecule has 1 rings (SSSR count). The number of amides is 1. The third-order valence-corrected chi connectivity index (χ3v) is 3.73. The molecule has 3 N–H and O–H groups in total. The fourth-order valence-corrected chi connectivity index (χ4v) is 1.90. The molecule has 0 aliphatic heterocycles. The van der Waals surface area contributed by atoms with E-state index in [0.717, 1.165) is 5.56 Å². The summed E-state index contributed by atoms with van der Waals surface area (Å²) in [5.74, 6) is -0.829. The van der Waals surface area contributed by atoms with Gasteiger partial charge in [0.1, 0.15) is 5.75 Å². The minimum atomic E-state index is -3.34. The molecule has 7 heteroatoms. The molecule has 1 aromatic carbocycles. The monoisotopic (exact) mass is 272 g/mol. The number of phenolic OH excluding ortho intramolecular Hbond substituents is 1. The average Bonchev–Trinajstić information content (AvgIpc) is 2.28. The van der Waals surface area contributed by atoms with Crippen LogP contribution in [0.2, 0.25) is 0 Å². The van der Waals surface area contributed by atoms with Crippen molar-refractivity contribution in [2.75, 3.05) is 19.3 Å². The van der Waals surface area contributed by atoms with Gasteiger partial charge in [0.25, 0.3) is 5.91 Å². The number of carbonyl (C=O) groups excluding carboxylic acids is 1. The molecule has 18 heavy (non-hydrogen) atoms. The lowest BCUT2D eigenvalue weighted by atomic mass is 10.1. The van der Waals surface area contributed by atoms with Crippen LogP contribution in [0.4, 0.5) is 0 Å². The second-order valence-electron chi connectivity index (χ2n) is 3.80. The Morgan fingerprint density at radius 2 is 2.06 bits per heavy atom. The van der Waals surface area contributed by atoms with Gasteiger partial charge in [0, 0.05) is 6.54 Å². The third-order valence-electron chi connectivity index (χ3n) is 2.37. The second-order valence-corrected chi connectivity index (χ2v) is 5.85. The van der Waals surface area contributed by atoms with Gasteiger partial charge < -0.3 is 10.4 Å². The maximum atomic E-state index is 11.7. The summed E-state index contributed by atoms with van der Waals surface area (Å²) in [6, 6.07) is 4.66. The minimum Gasteiger partial charge on any atom is -0.507 e. The van der Waals surface area contributed by atoms with E-state index in [1.54, 1.807) is 13.0 Å². The lowest BCUT2D eigenvalue weighted by Crippen LogP contribution is -2.32. The highest BCUT2D eigenvalue weighted by Crippen LogP contribution is 2.17. The van der Waals surface area contributed by atoms with E-state index in [0.29, 0.717) is 0 Å². The Kier molecular flexibility index (Phi) is 4.69. The van der Waals surface area contributed by atoms with Crippen molar-refractivity contribution in [3.8, 4) is 5.75 Å². The first kappa shape index (κ1) is 14.5. The van der Waals surface area contributed by atoms with E-state index in [4.69, 9.17) is 0 Å². The zero-order valence-electron chi connectivity index (χ0n) is 10.2. The van der Waals surface area contributed by atoms with Gasteiger partial charge in [-0.05, 0) is 31.7 Å². The van der Waals surface area contributed by atoms with Crippen LogP contribution in [0.3, 0.4) is 0 Å². The maximum absolute atomic E-state index is 11.7. The van der Waals surface area contributed by atoms with Gasteiger partial charge in [-0.25, -0.2) is 13.1 Å². The Morgan fingerprint density at radius 1 is 1.39 bits per heavy atom. The van der Waals surface area contributed by atoms with Crippen molar-refractivity contribution in [2.24, 2.45) is 0 Å². The van der Waals surface area contributed by atoms with Gasteiger partial charge in [-0.1, -0.05) is 6.07 Å². The first-order valence-corrected chi connectivity index (χ1v) is 7.00. The molecular formula is C11H16N2O4S. The summed E-state index contributed by atoms with van der Waals surface area (Å²) >= 11 is 0. The summed E-state index contributed by atoms with van der Waals surface area (Å²) in [5, 5.41) is 12.0. The van der Waals surface area contributed by atoms with Crippen molar-refractivity contribution >= 4 is 15.9 Å². The predicted molar refractivity (Wildman–Crippen MR) is 68.0 cm³/mol. The van der Waals surface area contributed by atoms with Gasteiger partial charge in [0.05, 0.1) is 11.3 Å². The highest BCUT2D eigenvalue weighted by atomic mass is 32.2. The summed E-state index contributed by atoms with van der Waals surface area (Å²) in [4.78, 5) is 11.7. The molecule has 0 bridgehead atoms. The zero-order valence-corrected chi connectivity index (χ0v) is 11.0. The van der Waals surface area contributed by atoms with Crippen LogP contribution >= 0.6 is 0 Å². The fourth-order valence-electron chi connectivity index (χ4n) is 1.33. The summed E-state index contributed by atoms with van der Waals surface area (Å²) in [7, 11) is -2.03. The highest BCUT2D eigenvalue weighted by Gasteiger charge is 2.12. The van der Waals surface area contributed by atoms with E-state index >= 15 is 0 Å². The van der Waals surface area contributed by atoms with Gasteiger partial charge >= 0.3 is 0 Å². The molecule has 6 nitrogen and oxygen atoms in total.